The van der Waals surface area contributed by atoms with Gasteiger partial charge in [0.05, 0.1) is 12.6 Å². The third-order valence-electron chi connectivity index (χ3n) is 2.93. The molecule has 1 heterocycles. The molecule has 3 unspecified atom stereocenters. The normalized spacial score (nSPS) is 21.5. The molecular formula is C11H19N3O5. The van der Waals surface area contributed by atoms with Crippen molar-refractivity contribution in [2.45, 2.75) is 37.9 Å². The van der Waals surface area contributed by atoms with Gasteiger partial charge in [0.25, 0.3) is 0 Å². The highest BCUT2D eigenvalue weighted by Gasteiger charge is 2.27. The van der Waals surface area contributed by atoms with Crippen LogP contribution in [0.15, 0.2) is 0 Å². The van der Waals surface area contributed by atoms with Gasteiger partial charge in [0.15, 0.2) is 0 Å². The largest absolute Gasteiger partial charge is 0.480 e. The van der Waals surface area contributed by atoms with Crippen molar-refractivity contribution in [1.82, 2.24) is 16.0 Å². The van der Waals surface area contributed by atoms with E-state index in [2.05, 4.69) is 16.0 Å². The lowest BCUT2D eigenvalue weighted by Crippen LogP contribution is -2.53. The van der Waals surface area contributed by atoms with Crippen LogP contribution in [-0.4, -0.2) is 59.3 Å². The smallest absolute Gasteiger partial charge is 0.328 e. The number of carboxylic acid groups (broad SMARTS) is 1. The lowest BCUT2D eigenvalue weighted by atomic mass is 10.2. The number of nitrogens with one attached hydrogen (secondary N) is 3. The number of carbonyl (C=O) groups excluding carboxylic acids is 2. The molecule has 0 aromatic heterocycles. The molecule has 0 aliphatic carbocycles. The van der Waals surface area contributed by atoms with Crippen molar-refractivity contribution in [3.8, 4) is 0 Å². The van der Waals surface area contributed by atoms with Crippen LogP contribution in [0.1, 0.15) is 19.8 Å². The molecule has 2 amide bonds. The molecule has 8 heteroatoms. The standard InChI is InChI=1S/C11H19N3O5/c1-6(9(16)14-8(5-15)11(18)19)13-10(17)7-3-2-4-12-7/h6-8,12,15H,2-5H2,1H3,(H,13,17)(H,14,16)(H,18,19). The fourth-order valence-electron chi connectivity index (χ4n) is 1.77. The van der Waals surface area contributed by atoms with Gasteiger partial charge in [-0.05, 0) is 26.3 Å². The molecular weight excluding hydrogens is 254 g/mol. The molecule has 19 heavy (non-hydrogen) atoms. The van der Waals surface area contributed by atoms with Crippen molar-refractivity contribution in [3.63, 3.8) is 0 Å². The van der Waals surface area contributed by atoms with Crippen LogP contribution in [0.3, 0.4) is 0 Å². The first kappa shape index (κ1) is 15.4. The van der Waals surface area contributed by atoms with Gasteiger partial charge in [-0.3, -0.25) is 9.59 Å². The van der Waals surface area contributed by atoms with E-state index in [4.69, 9.17) is 10.2 Å². The number of hydrogen-bond acceptors (Lipinski definition) is 5. The van der Waals surface area contributed by atoms with E-state index in [1.165, 1.54) is 6.92 Å². The van der Waals surface area contributed by atoms with E-state index < -0.39 is 30.6 Å². The van der Waals surface area contributed by atoms with Crippen LogP contribution in [0.4, 0.5) is 0 Å². The number of amides is 2. The van der Waals surface area contributed by atoms with Gasteiger partial charge in [-0.1, -0.05) is 0 Å². The van der Waals surface area contributed by atoms with Crippen molar-refractivity contribution >= 4 is 17.8 Å². The summed E-state index contributed by atoms with van der Waals surface area (Å²) in [6, 6.07) is -2.52. The van der Waals surface area contributed by atoms with Gasteiger partial charge in [-0.15, -0.1) is 0 Å². The molecule has 108 valence electrons. The monoisotopic (exact) mass is 273 g/mol. The third kappa shape index (κ3) is 4.49. The minimum Gasteiger partial charge on any atom is -0.480 e. The Morgan fingerprint density at radius 1 is 1.37 bits per heavy atom. The molecule has 5 N–H and O–H groups in total. The van der Waals surface area contributed by atoms with Crippen molar-refractivity contribution in [2.24, 2.45) is 0 Å². The van der Waals surface area contributed by atoms with E-state index in [0.717, 1.165) is 13.0 Å². The van der Waals surface area contributed by atoms with Crippen molar-refractivity contribution in [3.05, 3.63) is 0 Å². The van der Waals surface area contributed by atoms with E-state index in [-0.39, 0.29) is 11.9 Å². The number of aliphatic hydroxyl groups excluding tert-OH is 1. The fourth-order valence-corrected chi connectivity index (χ4v) is 1.77. The minimum absolute atomic E-state index is 0.281. The zero-order valence-corrected chi connectivity index (χ0v) is 10.7. The molecule has 0 radical (unpaired) electrons. The minimum atomic E-state index is -1.36. The van der Waals surface area contributed by atoms with E-state index in [1.54, 1.807) is 0 Å². The number of hydrogen-bond donors (Lipinski definition) is 5. The number of rotatable bonds is 6. The summed E-state index contributed by atoms with van der Waals surface area (Å²) in [7, 11) is 0. The molecule has 1 saturated heterocycles. The van der Waals surface area contributed by atoms with Crippen molar-refractivity contribution in [1.29, 1.82) is 0 Å². The summed E-state index contributed by atoms with van der Waals surface area (Å²) in [6.45, 7) is 1.52. The fraction of sp³-hybridized carbons (Fsp3) is 0.727. The van der Waals surface area contributed by atoms with E-state index >= 15 is 0 Å². The first-order chi connectivity index (χ1) is 8.95. The summed E-state index contributed by atoms with van der Waals surface area (Å²) in [4.78, 5) is 34.0. The van der Waals surface area contributed by atoms with Gasteiger partial charge >= 0.3 is 5.97 Å². The van der Waals surface area contributed by atoms with Crippen LogP contribution in [0, 0.1) is 0 Å². The van der Waals surface area contributed by atoms with Crippen LogP contribution in [0.2, 0.25) is 0 Å². The highest BCUT2D eigenvalue weighted by Crippen LogP contribution is 2.04. The summed E-state index contributed by atoms with van der Waals surface area (Å²) in [6.07, 6.45) is 1.62. The average molecular weight is 273 g/mol. The summed E-state index contributed by atoms with van der Waals surface area (Å²) in [5.74, 6) is -2.25. The molecule has 0 aromatic rings. The van der Waals surface area contributed by atoms with Crippen molar-refractivity contribution in [2.75, 3.05) is 13.2 Å². The van der Waals surface area contributed by atoms with Crippen molar-refractivity contribution < 1.29 is 24.6 Å². The third-order valence-corrected chi connectivity index (χ3v) is 2.93. The number of carbonyl (C=O) groups is 3. The van der Waals surface area contributed by atoms with Gasteiger partial charge in [-0.2, -0.15) is 0 Å². The first-order valence-electron chi connectivity index (χ1n) is 6.13. The molecule has 0 bridgehead atoms. The van der Waals surface area contributed by atoms with Gasteiger partial charge in [0, 0.05) is 0 Å². The first-order valence-corrected chi connectivity index (χ1v) is 6.13. The highest BCUT2D eigenvalue weighted by atomic mass is 16.4. The SMILES string of the molecule is CC(NC(=O)C1CCCN1)C(=O)NC(CO)C(=O)O. The van der Waals surface area contributed by atoms with Gasteiger partial charge in [-0.25, -0.2) is 4.79 Å². The maximum atomic E-state index is 11.7. The highest BCUT2D eigenvalue weighted by molar-refractivity contribution is 5.91. The van der Waals surface area contributed by atoms with E-state index in [9.17, 15) is 14.4 Å². The van der Waals surface area contributed by atoms with Crippen LogP contribution in [0.25, 0.3) is 0 Å². The summed E-state index contributed by atoms with van der Waals surface area (Å²) < 4.78 is 0. The molecule has 1 fully saturated rings. The molecule has 0 spiro atoms. The summed E-state index contributed by atoms with van der Waals surface area (Å²) in [5, 5.41) is 25.1. The summed E-state index contributed by atoms with van der Waals surface area (Å²) in [5.41, 5.74) is 0. The Morgan fingerprint density at radius 3 is 2.53 bits per heavy atom. The van der Waals surface area contributed by atoms with Crippen LogP contribution in [-0.2, 0) is 14.4 Å². The number of aliphatic hydroxyl groups is 1. The molecule has 1 aliphatic rings. The quantitative estimate of drug-likeness (QED) is 0.374. The van der Waals surface area contributed by atoms with Gasteiger partial charge in [0.2, 0.25) is 11.8 Å². The predicted molar refractivity (Wildman–Crippen MR) is 65.3 cm³/mol. The molecule has 0 aromatic carbocycles. The molecule has 0 saturated carbocycles. The lowest BCUT2D eigenvalue weighted by molar-refractivity contribution is -0.143. The van der Waals surface area contributed by atoms with Gasteiger partial charge in [0.1, 0.15) is 12.1 Å². The Balaban J connectivity index is 2.43. The maximum absolute atomic E-state index is 11.7. The molecule has 8 nitrogen and oxygen atoms in total. The lowest BCUT2D eigenvalue weighted by Gasteiger charge is -2.19. The Morgan fingerprint density at radius 2 is 2.05 bits per heavy atom. The average Bonchev–Trinajstić information content (AvgIpc) is 2.88. The van der Waals surface area contributed by atoms with Gasteiger partial charge < -0.3 is 26.2 Å². The molecule has 3 atom stereocenters. The van der Waals surface area contributed by atoms with E-state index in [1.807, 2.05) is 0 Å². The Labute approximate surface area is 110 Å². The number of aliphatic carboxylic acids is 1. The second-order valence-electron chi connectivity index (χ2n) is 4.46. The topological polar surface area (TPSA) is 128 Å². The zero-order chi connectivity index (χ0) is 14.4. The van der Waals surface area contributed by atoms with E-state index in [0.29, 0.717) is 6.42 Å². The number of carboxylic acids is 1. The maximum Gasteiger partial charge on any atom is 0.328 e. The molecule has 1 aliphatic heterocycles. The Hall–Kier alpha value is -1.67. The Kier molecular flexibility index (Phi) is 5.71. The molecule has 1 rings (SSSR count). The van der Waals surface area contributed by atoms with Crippen LogP contribution < -0.4 is 16.0 Å². The zero-order valence-electron chi connectivity index (χ0n) is 10.7. The van der Waals surface area contributed by atoms with Crippen LogP contribution >= 0.6 is 0 Å². The Bertz CT molecular complexity index is 354. The van der Waals surface area contributed by atoms with Crippen LogP contribution in [0.5, 0.6) is 0 Å². The second kappa shape index (κ2) is 7.05. The second-order valence-corrected chi connectivity index (χ2v) is 4.46. The predicted octanol–water partition coefficient (Wildman–Crippen LogP) is -2.20. The summed E-state index contributed by atoms with van der Waals surface area (Å²) >= 11 is 0.